The fourth-order valence-electron chi connectivity index (χ4n) is 2.90. The first kappa shape index (κ1) is 15.6. The fourth-order valence-corrected chi connectivity index (χ4v) is 3.71. The molecule has 0 atom stereocenters. The number of rotatable bonds is 4. The van der Waals surface area contributed by atoms with Crippen LogP contribution in [-0.4, -0.2) is 15.8 Å². The van der Waals surface area contributed by atoms with Gasteiger partial charge in [0.1, 0.15) is 0 Å². The number of hydrogen-bond donors (Lipinski definition) is 1. The van der Waals surface area contributed by atoms with E-state index in [1.54, 1.807) is 11.3 Å². The van der Waals surface area contributed by atoms with Crippen molar-refractivity contribution in [2.45, 2.75) is 13.8 Å². The van der Waals surface area contributed by atoms with Crippen molar-refractivity contribution < 1.29 is 0 Å². The minimum Gasteiger partial charge on any atom is -0.320 e. The van der Waals surface area contributed by atoms with Gasteiger partial charge in [-0.15, -0.1) is 0 Å². The van der Waals surface area contributed by atoms with Crippen LogP contribution in [0, 0.1) is 13.8 Å². The van der Waals surface area contributed by atoms with Gasteiger partial charge in [-0.2, -0.15) is 5.10 Å². The lowest BCUT2D eigenvalue weighted by Gasteiger charge is -2.05. The zero-order valence-electron chi connectivity index (χ0n) is 14.1. The third-order valence-electron chi connectivity index (χ3n) is 4.18. The maximum atomic E-state index is 4.53. The number of hydrazone groups is 1. The molecule has 2 heterocycles. The molecule has 124 valence electrons. The van der Waals surface area contributed by atoms with Crippen LogP contribution in [0.5, 0.6) is 0 Å². The Morgan fingerprint density at radius 3 is 2.60 bits per heavy atom. The third-order valence-corrected chi connectivity index (χ3v) is 5.12. The standard InChI is InChI=1S/C20H18N4S/c1-14-13-24(16-8-4-3-5-9-16)15(2)17(14)12-21-23-20-22-18-10-6-7-11-19(18)25-20/h3-13H,1-2H3,(H,22,23)/b21-12+. The minimum atomic E-state index is 0.801. The van der Waals surface area contributed by atoms with E-state index in [-0.39, 0.29) is 0 Å². The van der Waals surface area contributed by atoms with Crippen molar-refractivity contribution in [3.63, 3.8) is 0 Å². The molecule has 0 spiro atoms. The van der Waals surface area contributed by atoms with E-state index in [2.05, 4.69) is 58.3 Å². The van der Waals surface area contributed by atoms with Gasteiger partial charge in [-0.25, -0.2) is 4.98 Å². The van der Waals surface area contributed by atoms with Crippen LogP contribution < -0.4 is 5.43 Å². The quantitative estimate of drug-likeness (QED) is 0.410. The monoisotopic (exact) mass is 346 g/mol. The number of thiazole rings is 1. The number of hydrogen-bond acceptors (Lipinski definition) is 4. The Morgan fingerprint density at radius 2 is 1.80 bits per heavy atom. The van der Waals surface area contributed by atoms with E-state index in [4.69, 9.17) is 0 Å². The minimum absolute atomic E-state index is 0.801. The summed E-state index contributed by atoms with van der Waals surface area (Å²) in [6, 6.07) is 18.4. The molecule has 0 radical (unpaired) electrons. The maximum absolute atomic E-state index is 4.53. The summed E-state index contributed by atoms with van der Waals surface area (Å²) in [6.07, 6.45) is 4.01. The molecule has 4 nitrogen and oxygen atoms in total. The molecule has 0 saturated carbocycles. The van der Waals surface area contributed by atoms with Gasteiger partial charge >= 0.3 is 0 Å². The molecule has 0 bridgehead atoms. The summed E-state index contributed by atoms with van der Waals surface area (Å²) in [5.41, 5.74) is 8.68. The van der Waals surface area contributed by atoms with Gasteiger partial charge in [0.15, 0.2) is 0 Å². The van der Waals surface area contributed by atoms with Gasteiger partial charge in [0.25, 0.3) is 0 Å². The van der Waals surface area contributed by atoms with E-state index >= 15 is 0 Å². The maximum Gasteiger partial charge on any atom is 0.204 e. The summed E-state index contributed by atoms with van der Waals surface area (Å²) in [5.74, 6) is 0. The number of benzene rings is 2. The van der Waals surface area contributed by atoms with Gasteiger partial charge in [-0.05, 0) is 43.7 Å². The second-order valence-electron chi connectivity index (χ2n) is 5.87. The normalized spacial score (nSPS) is 11.4. The van der Waals surface area contributed by atoms with E-state index in [1.807, 2.05) is 42.6 Å². The number of para-hydroxylation sites is 2. The predicted molar refractivity (Wildman–Crippen MR) is 106 cm³/mol. The van der Waals surface area contributed by atoms with Crippen molar-refractivity contribution in [1.29, 1.82) is 0 Å². The van der Waals surface area contributed by atoms with E-state index in [1.165, 1.54) is 11.3 Å². The third kappa shape index (κ3) is 3.06. The molecule has 4 rings (SSSR count). The molecule has 2 aromatic heterocycles. The lowest BCUT2D eigenvalue weighted by Crippen LogP contribution is -1.96. The summed E-state index contributed by atoms with van der Waals surface area (Å²) >= 11 is 1.60. The summed E-state index contributed by atoms with van der Waals surface area (Å²) in [7, 11) is 0. The van der Waals surface area contributed by atoms with Crippen molar-refractivity contribution in [2.75, 3.05) is 5.43 Å². The highest BCUT2D eigenvalue weighted by atomic mass is 32.1. The summed E-state index contributed by atoms with van der Waals surface area (Å²) < 4.78 is 3.34. The number of fused-ring (bicyclic) bond motifs is 1. The molecule has 0 aliphatic heterocycles. The molecular weight excluding hydrogens is 328 g/mol. The molecule has 0 saturated heterocycles. The van der Waals surface area contributed by atoms with Gasteiger partial charge in [0, 0.05) is 23.1 Å². The van der Waals surface area contributed by atoms with Crippen LogP contribution in [0.15, 0.2) is 65.9 Å². The largest absolute Gasteiger partial charge is 0.320 e. The molecule has 0 aliphatic carbocycles. The van der Waals surface area contributed by atoms with E-state index in [0.717, 1.165) is 26.6 Å². The van der Waals surface area contributed by atoms with Crippen LogP contribution in [0.2, 0.25) is 0 Å². The first-order chi connectivity index (χ1) is 12.2. The first-order valence-corrected chi connectivity index (χ1v) is 8.92. The van der Waals surface area contributed by atoms with Crippen molar-refractivity contribution in [1.82, 2.24) is 9.55 Å². The Balaban J connectivity index is 1.58. The highest BCUT2D eigenvalue weighted by molar-refractivity contribution is 7.22. The van der Waals surface area contributed by atoms with Crippen LogP contribution in [0.4, 0.5) is 5.13 Å². The molecule has 0 fully saturated rings. The van der Waals surface area contributed by atoms with Crippen LogP contribution in [-0.2, 0) is 0 Å². The van der Waals surface area contributed by atoms with Crippen LogP contribution >= 0.6 is 11.3 Å². The molecular formula is C20H18N4S. The Bertz CT molecular complexity index is 1010. The zero-order valence-corrected chi connectivity index (χ0v) is 14.9. The van der Waals surface area contributed by atoms with Gasteiger partial charge < -0.3 is 4.57 Å². The average Bonchev–Trinajstić information content (AvgIpc) is 3.17. The second kappa shape index (κ2) is 6.53. The number of aryl methyl sites for hydroxylation is 1. The first-order valence-electron chi connectivity index (χ1n) is 8.11. The van der Waals surface area contributed by atoms with Crippen molar-refractivity contribution in [3.05, 3.63) is 77.6 Å². The molecule has 0 amide bonds. The number of aromatic nitrogens is 2. The molecule has 2 aromatic carbocycles. The van der Waals surface area contributed by atoms with Crippen LogP contribution in [0.25, 0.3) is 15.9 Å². The number of anilines is 1. The second-order valence-corrected chi connectivity index (χ2v) is 6.90. The average molecular weight is 346 g/mol. The summed E-state index contributed by atoms with van der Waals surface area (Å²) in [6.45, 7) is 4.21. The van der Waals surface area contributed by atoms with Crippen molar-refractivity contribution in [3.8, 4) is 5.69 Å². The number of nitrogens with one attached hydrogen (secondary N) is 1. The summed E-state index contributed by atoms with van der Waals surface area (Å²) in [5, 5.41) is 5.20. The molecule has 1 N–H and O–H groups in total. The molecule has 5 heteroatoms. The van der Waals surface area contributed by atoms with E-state index < -0.39 is 0 Å². The smallest absolute Gasteiger partial charge is 0.204 e. The van der Waals surface area contributed by atoms with Gasteiger partial charge in [-0.3, -0.25) is 5.43 Å². The Labute approximate surface area is 150 Å². The SMILES string of the molecule is Cc1cn(-c2ccccc2)c(C)c1/C=N/Nc1nc2ccccc2s1. The predicted octanol–water partition coefficient (Wildman–Crippen LogP) is 5.15. The summed E-state index contributed by atoms with van der Waals surface area (Å²) in [4.78, 5) is 4.53. The lowest BCUT2D eigenvalue weighted by molar-refractivity contribution is 1.01. The van der Waals surface area contributed by atoms with Crippen molar-refractivity contribution >= 4 is 32.9 Å². The topological polar surface area (TPSA) is 42.2 Å². The van der Waals surface area contributed by atoms with Crippen LogP contribution in [0.3, 0.4) is 0 Å². The molecule has 0 unspecified atom stereocenters. The van der Waals surface area contributed by atoms with Gasteiger partial charge in [0.05, 0.1) is 16.4 Å². The van der Waals surface area contributed by atoms with Crippen LogP contribution in [0.1, 0.15) is 16.8 Å². The Morgan fingerprint density at radius 1 is 1.04 bits per heavy atom. The molecule has 0 aliphatic rings. The fraction of sp³-hybridized carbons (Fsp3) is 0.100. The van der Waals surface area contributed by atoms with Crippen molar-refractivity contribution in [2.24, 2.45) is 5.10 Å². The number of nitrogens with zero attached hydrogens (tertiary/aromatic N) is 3. The zero-order chi connectivity index (χ0) is 17.2. The van der Waals surface area contributed by atoms with Gasteiger partial charge in [-0.1, -0.05) is 41.7 Å². The lowest BCUT2D eigenvalue weighted by atomic mass is 10.2. The van der Waals surface area contributed by atoms with Gasteiger partial charge in [0.2, 0.25) is 5.13 Å². The highest BCUT2D eigenvalue weighted by Crippen LogP contribution is 2.25. The Kier molecular flexibility index (Phi) is 4.07. The molecule has 25 heavy (non-hydrogen) atoms. The van der Waals surface area contributed by atoms with E-state index in [0.29, 0.717) is 0 Å². The Hall–Kier alpha value is -2.92. The molecule has 4 aromatic rings. The van der Waals surface area contributed by atoms with E-state index in [9.17, 15) is 0 Å². The highest BCUT2D eigenvalue weighted by Gasteiger charge is 2.09.